The van der Waals surface area contributed by atoms with Crippen LogP contribution in [0.4, 0.5) is 0 Å². The lowest BCUT2D eigenvalue weighted by molar-refractivity contribution is -0.890. The van der Waals surface area contributed by atoms with Gasteiger partial charge in [-0.2, -0.15) is 0 Å². The molecule has 0 aromatic heterocycles. The first-order chi connectivity index (χ1) is 5.62. The Hall–Kier alpha value is -0.730. The van der Waals surface area contributed by atoms with E-state index in [0.29, 0.717) is 6.54 Å². The Bertz CT molecular complexity index is 158. The van der Waals surface area contributed by atoms with Gasteiger partial charge in [-0.3, -0.25) is 0 Å². The number of nitrogens with zero attached hydrogens (tertiary/aromatic N) is 4. The van der Waals surface area contributed by atoms with Gasteiger partial charge in [0.25, 0.3) is 0 Å². The summed E-state index contributed by atoms with van der Waals surface area (Å²) in [7, 11) is 4.42. The number of rotatable bonds is 6. The van der Waals surface area contributed by atoms with Gasteiger partial charge in [0.1, 0.15) is 0 Å². The molecule has 4 nitrogen and oxygen atoms in total. The van der Waals surface area contributed by atoms with Crippen LogP contribution >= 0.6 is 0 Å². The van der Waals surface area contributed by atoms with Crippen molar-refractivity contribution in [1.29, 1.82) is 0 Å². The van der Waals surface area contributed by atoms with Crippen LogP contribution in [0, 0.1) is 0 Å². The van der Waals surface area contributed by atoms with Gasteiger partial charge in [0, 0.05) is 17.9 Å². The minimum atomic E-state index is 0.627. The maximum Gasteiger partial charge on any atom is 0.0783 e. The molecule has 0 N–H and O–H groups in total. The summed E-state index contributed by atoms with van der Waals surface area (Å²) in [6.45, 7) is 5.10. The molecular weight excluding hydrogens is 152 g/mol. The van der Waals surface area contributed by atoms with Gasteiger partial charge in [-0.05, 0) is 12.0 Å². The lowest BCUT2D eigenvalue weighted by Gasteiger charge is -2.29. The zero-order valence-electron chi connectivity index (χ0n) is 8.32. The molecule has 70 valence electrons. The summed E-state index contributed by atoms with van der Waals surface area (Å²) in [6.07, 6.45) is 2.19. The van der Waals surface area contributed by atoms with Gasteiger partial charge in [-0.15, -0.1) is 0 Å². The highest BCUT2D eigenvalue weighted by atomic mass is 15.3. The zero-order chi connectivity index (χ0) is 9.45. The van der Waals surface area contributed by atoms with Crippen LogP contribution < -0.4 is 0 Å². The smallest absolute Gasteiger partial charge is 0.0783 e. The second-order valence-electron chi connectivity index (χ2n) is 3.69. The van der Waals surface area contributed by atoms with Gasteiger partial charge >= 0.3 is 0 Å². The molecule has 0 aromatic rings. The van der Waals surface area contributed by atoms with Crippen LogP contribution in [-0.4, -0.2) is 38.2 Å². The predicted octanol–water partition coefficient (Wildman–Crippen LogP) is 2.17. The molecule has 0 atom stereocenters. The Morgan fingerprint density at radius 1 is 1.33 bits per heavy atom. The second-order valence-corrected chi connectivity index (χ2v) is 3.69. The lowest BCUT2D eigenvalue weighted by Crippen LogP contribution is -2.41. The molecule has 0 heterocycles. The average molecular weight is 171 g/mol. The van der Waals surface area contributed by atoms with Crippen LogP contribution in [0.25, 0.3) is 10.4 Å². The molecule has 0 saturated heterocycles. The van der Waals surface area contributed by atoms with E-state index in [-0.39, 0.29) is 0 Å². The van der Waals surface area contributed by atoms with Gasteiger partial charge in [0.05, 0.1) is 27.2 Å². The van der Waals surface area contributed by atoms with Crippen LogP contribution in [-0.2, 0) is 0 Å². The number of hydrogen-bond acceptors (Lipinski definition) is 1. The molecule has 0 amide bonds. The molecule has 0 saturated carbocycles. The number of quaternary nitrogens is 1. The van der Waals surface area contributed by atoms with E-state index >= 15 is 0 Å². The highest BCUT2D eigenvalue weighted by Gasteiger charge is 2.11. The first-order valence-corrected chi connectivity index (χ1v) is 4.45. The van der Waals surface area contributed by atoms with Crippen molar-refractivity contribution in [2.75, 3.05) is 33.7 Å². The van der Waals surface area contributed by atoms with E-state index in [2.05, 4.69) is 31.0 Å². The SMILES string of the molecule is CCC[N+](C)(C)CCCN=[N+]=[N-]. The molecule has 0 unspecified atom stereocenters. The Labute approximate surface area is 74.4 Å². The van der Waals surface area contributed by atoms with E-state index < -0.39 is 0 Å². The molecule has 12 heavy (non-hydrogen) atoms. The lowest BCUT2D eigenvalue weighted by atomic mass is 10.3. The molecule has 0 aliphatic rings. The maximum atomic E-state index is 8.05. The fourth-order valence-corrected chi connectivity index (χ4v) is 1.33. The fraction of sp³-hybridized carbons (Fsp3) is 1.00. The first kappa shape index (κ1) is 11.3. The van der Waals surface area contributed by atoms with E-state index in [1.165, 1.54) is 13.0 Å². The summed E-state index contributed by atoms with van der Waals surface area (Å²) in [4.78, 5) is 2.72. The molecule has 0 bridgehead atoms. The minimum Gasteiger partial charge on any atom is -0.328 e. The average Bonchev–Trinajstić information content (AvgIpc) is 1.98. The molecule has 0 spiro atoms. The standard InChI is InChI=1S/C8H19N4/c1-4-7-12(2,3)8-5-6-10-11-9/h4-8H2,1-3H3/q+1. The van der Waals surface area contributed by atoms with Gasteiger partial charge < -0.3 is 4.48 Å². The van der Waals surface area contributed by atoms with E-state index in [1.807, 2.05) is 0 Å². The molecule has 0 fully saturated rings. The quantitative estimate of drug-likeness (QED) is 0.193. The van der Waals surface area contributed by atoms with Gasteiger partial charge in [0.2, 0.25) is 0 Å². The summed E-state index contributed by atoms with van der Waals surface area (Å²) in [5.74, 6) is 0. The van der Waals surface area contributed by atoms with E-state index in [1.54, 1.807) is 0 Å². The first-order valence-electron chi connectivity index (χ1n) is 4.45. The van der Waals surface area contributed by atoms with Crippen LogP contribution in [0.1, 0.15) is 19.8 Å². The maximum absolute atomic E-state index is 8.05. The van der Waals surface area contributed by atoms with Crippen LogP contribution in [0.5, 0.6) is 0 Å². The van der Waals surface area contributed by atoms with E-state index in [4.69, 9.17) is 5.53 Å². The van der Waals surface area contributed by atoms with Gasteiger partial charge in [-0.25, -0.2) is 0 Å². The van der Waals surface area contributed by atoms with Crippen molar-refractivity contribution in [3.8, 4) is 0 Å². The molecule has 0 aliphatic heterocycles. The molecule has 0 rings (SSSR count). The Kier molecular flexibility index (Phi) is 5.51. The predicted molar refractivity (Wildman–Crippen MR) is 50.8 cm³/mol. The molecule has 4 heteroatoms. The van der Waals surface area contributed by atoms with Crippen LogP contribution in [0.3, 0.4) is 0 Å². The summed E-state index contributed by atoms with van der Waals surface area (Å²) in [6, 6.07) is 0. The monoisotopic (exact) mass is 171 g/mol. The highest BCUT2D eigenvalue weighted by Crippen LogP contribution is 2.00. The Morgan fingerprint density at radius 2 is 2.00 bits per heavy atom. The second kappa shape index (κ2) is 5.86. The third kappa shape index (κ3) is 6.01. The topological polar surface area (TPSA) is 48.8 Å². The summed E-state index contributed by atoms with van der Waals surface area (Å²) < 4.78 is 1.03. The zero-order valence-corrected chi connectivity index (χ0v) is 8.32. The van der Waals surface area contributed by atoms with E-state index in [9.17, 15) is 0 Å². The third-order valence-corrected chi connectivity index (χ3v) is 1.91. The summed E-state index contributed by atoms with van der Waals surface area (Å²) >= 11 is 0. The van der Waals surface area contributed by atoms with Crippen LogP contribution in [0.2, 0.25) is 0 Å². The van der Waals surface area contributed by atoms with Crippen molar-refractivity contribution in [2.24, 2.45) is 5.11 Å². The molecule has 0 radical (unpaired) electrons. The van der Waals surface area contributed by atoms with Gasteiger partial charge in [0.15, 0.2) is 0 Å². The number of azide groups is 1. The minimum absolute atomic E-state index is 0.627. The van der Waals surface area contributed by atoms with E-state index in [0.717, 1.165) is 17.4 Å². The molecule has 0 aliphatic carbocycles. The molecule has 0 aromatic carbocycles. The van der Waals surface area contributed by atoms with Crippen molar-refractivity contribution < 1.29 is 4.48 Å². The Balaban J connectivity index is 3.52. The van der Waals surface area contributed by atoms with Crippen LogP contribution in [0.15, 0.2) is 5.11 Å². The highest BCUT2D eigenvalue weighted by molar-refractivity contribution is 4.46. The Morgan fingerprint density at radius 3 is 2.50 bits per heavy atom. The normalized spacial score (nSPS) is 10.9. The van der Waals surface area contributed by atoms with Crippen molar-refractivity contribution in [2.45, 2.75) is 19.8 Å². The largest absolute Gasteiger partial charge is 0.328 e. The molecular formula is C8H19N4+. The van der Waals surface area contributed by atoms with Gasteiger partial charge in [-0.1, -0.05) is 12.0 Å². The van der Waals surface area contributed by atoms with Crippen molar-refractivity contribution in [3.05, 3.63) is 10.4 Å². The van der Waals surface area contributed by atoms with Crippen molar-refractivity contribution in [3.63, 3.8) is 0 Å². The van der Waals surface area contributed by atoms with Crippen molar-refractivity contribution in [1.82, 2.24) is 0 Å². The summed E-state index contributed by atoms with van der Waals surface area (Å²) in [5.41, 5.74) is 8.05. The third-order valence-electron chi connectivity index (χ3n) is 1.91. The van der Waals surface area contributed by atoms with Crippen molar-refractivity contribution >= 4 is 0 Å². The summed E-state index contributed by atoms with van der Waals surface area (Å²) in [5, 5.41) is 3.51. The number of hydrogen-bond donors (Lipinski definition) is 0. The fourth-order valence-electron chi connectivity index (χ4n) is 1.33.